The predicted octanol–water partition coefficient (Wildman–Crippen LogP) is 3.37. The van der Waals surface area contributed by atoms with Crippen LogP contribution >= 0.6 is 0 Å². The zero-order chi connectivity index (χ0) is 13.8. The molecule has 3 nitrogen and oxygen atoms in total. The molecule has 4 heteroatoms. The minimum absolute atomic E-state index is 0.385. The number of para-hydroxylation sites is 1. The van der Waals surface area contributed by atoms with Crippen molar-refractivity contribution in [2.24, 2.45) is 0 Å². The Morgan fingerprint density at radius 3 is 2.37 bits per heavy atom. The van der Waals surface area contributed by atoms with Gasteiger partial charge in [-0.3, -0.25) is 0 Å². The Bertz CT molecular complexity index is 581. The lowest BCUT2D eigenvalue weighted by atomic mass is 10.1. The molecule has 0 aliphatic heterocycles. The third kappa shape index (κ3) is 3.10. The second-order valence-corrected chi connectivity index (χ2v) is 4.28. The number of benzene rings is 2. The number of anilines is 1. The van der Waals surface area contributed by atoms with Crippen LogP contribution in [0.15, 0.2) is 48.5 Å². The average Bonchev–Trinajstić information content (AvgIpc) is 2.39. The van der Waals surface area contributed by atoms with E-state index in [-0.39, 0.29) is 5.82 Å². The van der Waals surface area contributed by atoms with Crippen molar-refractivity contribution in [2.75, 3.05) is 5.32 Å². The summed E-state index contributed by atoms with van der Waals surface area (Å²) in [5.41, 5.74) is 2.22. The molecule has 0 aliphatic rings. The quantitative estimate of drug-likeness (QED) is 0.885. The Balaban J connectivity index is 2.29. The number of hydrogen-bond donors (Lipinski definition) is 2. The maximum atomic E-state index is 12.9. The summed E-state index contributed by atoms with van der Waals surface area (Å²) in [6, 6.07) is 12.0. The molecular formula is C15H14FNO2. The number of aryl methyl sites for hydroxylation is 1. The third-order valence-electron chi connectivity index (χ3n) is 2.90. The lowest BCUT2D eigenvalue weighted by Gasteiger charge is -2.17. The molecule has 1 atom stereocenters. The van der Waals surface area contributed by atoms with Gasteiger partial charge in [0.15, 0.2) is 6.04 Å². The number of hydrogen-bond acceptors (Lipinski definition) is 2. The van der Waals surface area contributed by atoms with E-state index in [1.54, 1.807) is 0 Å². The number of aliphatic carboxylic acids is 1. The molecule has 0 aliphatic carbocycles. The van der Waals surface area contributed by atoms with Gasteiger partial charge in [-0.2, -0.15) is 0 Å². The lowest BCUT2D eigenvalue weighted by molar-refractivity contribution is -0.138. The van der Waals surface area contributed by atoms with Crippen LogP contribution in [0.2, 0.25) is 0 Å². The molecule has 2 rings (SSSR count). The van der Waals surface area contributed by atoms with Crippen LogP contribution < -0.4 is 5.32 Å². The van der Waals surface area contributed by atoms with Crippen molar-refractivity contribution in [2.45, 2.75) is 13.0 Å². The largest absolute Gasteiger partial charge is 0.479 e. The van der Waals surface area contributed by atoms with Crippen molar-refractivity contribution in [1.82, 2.24) is 0 Å². The molecule has 0 aromatic heterocycles. The zero-order valence-electron chi connectivity index (χ0n) is 10.4. The van der Waals surface area contributed by atoms with Crippen molar-refractivity contribution in [1.29, 1.82) is 0 Å². The van der Waals surface area contributed by atoms with Crippen LogP contribution in [0.25, 0.3) is 0 Å². The molecule has 2 aromatic rings. The van der Waals surface area contributed by atoms with Gasteiger partial charge < -0.3 is 10.4 Å². The van der Waals surface area contributed by atoms with Gasteiger partial charge in [0.25, 0.3) is 0 Å². The van der Waals surface area contributed by atoms with Crippen LogP contribution in [0.4, 0.5) is 10.1 Å². The molecule has 2 aromatic carbocycles. The van der Waals surface area contributed by atoms with Gasteiger partial charge in [-0.1, -0.05) is 30.3 Å². The third-order valence-corrected chi connectivity index (χ3v) is 2.90. The Kier molecular flexibility index (Phi) is 3.80. The predicted molar refractivity (Wildman–Crippen MR) is 71.6 cm³/mol. The normalized spacial score (nSPS) is 11.9. The average molecular weight is 259 g/mol. The van der Waals surface area contributed by atoms with Crippen LogP contribution in [-0.2, 0) is 4.79 Å². The topological polar surface area (TPSA) is 49.3 Å². The summed E-state index contributed by atoms with van der Waals surface area (Å²) in [6.45, 7) is 1.89. The molecule has 0 fully saturated rings. The summed E-state index contributed by atoms with van der Waals surface area (Å²) >= 11 is 0. The smallest absolute Gasteiger partial charge is 0.330 e. The summed E-state index contributed by atoms with van der Waals surface area (Å²) in [5, 5.41) is 12.3. The zero-order valence-corrected chi connectivity index (χ0v) is 10.4. The number of rotatable bonds is 4. The molecule has 0 saturated carbocycles. The molecule has 0 bridgehead atoms. The summed E-state index contributed by atoms with van der Waals surface area (Å²) in [4.78, 5) is 11.3. The van der Waals surface area contributed by atoms with Gasteiger partial charge >= 0.3 is 5.97 Å². The summed E-state index contributed by atoms with van der Waals surface area (Å²) in [7, 11) is 0. The second kappa shape index (κ2) is 5.52. The highest BCUT2D eigenvalue weighted by molar-refractivity contribution is 5.79. The first-order valence-corrected chi connectivity index (χ1v) is 5.88. The van der Waals surface area contributed by atoms with Crippen LogP contribution in [0.3, 0.4) is 0 Å². The molecule has 0 amide bonds. The number of carbonyl (C=O) groups is 1. The van der Waals surface area contributed by atoms with Gasteiger partial charge in [-0.25, -0.2) is 9.18 Å². The van der Waals surface area contributed by atoms with Gasteiger partial charge in [0.1, 0.15) is 5.82 Å². The monoisotopic (exact) mass is 259 g/mol. The Labute approximate surface area is 110 Å². The molecular weight excluding hydrogens is 245 g/mol. The molecule has 2 N–H and O–H groups in total. The van der Waals surface area contributed by atoms with Crippen LogP contribution in [0.5, 0.6) is 0 Å². The number of halogens is 1. The van der Waals surface area contributed by atoms with Crippen molar-refractivity contribution in [3.8, 4) is 0 Å². The highest BCUT2D eigenvalue weighted by Gasteiger charge is 2.20. The highest BCUT2D eigenvalue weighted by Crippen LogP contribution is 2.22. The van der Waals surface area contributed by atoms with Crippen LogP contribution in [0.1, 0.15) is 17.2 Å². The van der Waals surface area contributed by atoms with E-state index in [0.29, 0.717) is 5.56 Å². The van der Waals surface area contributed by atoms with E-state index in [1.165, 1.54) is 24.3 Å². The SMILES string of the molecule is Cc1ccccc1NC(C(=O)O)c1ccc(F)cc1. The van der Waals surface area contributed by atoms with Gasteiger partial charge in [0.2, 0.25) is 0 Å². The fourth-order valence-corrected chi connectivity index (χ4v) is 1.83. The summed E-state index contributed by atoms with van der Waals surface area (Å²) in [6.07, 6.45) is 0. The Morgan fingerprint density at radius 2 is 1.79 bits per heavy atom. The fourth-order valence-electron chi connectivity index (χ4n) is 1.83. The molecule has 0 heterocycles. The van der Waals surface area contributed by atoms with Gasteiger partial charge in [-0.15, -0.1) is 0 Å². The molecule has 98 valence electrons. The van der Waals surface area contributed by atoms with E-state index >= 15 is 0 Å². The standard InChI is InChI=1S/C15H14FNO2/c1-10-4-2-3-5-13(10)17-14(15(18)19)11-6-8-12(16)9-7-11/h2-9,14,17H,1H3,(H,18,19). The molecule has 0 spiro atoms. The summed E-state index contributed by atoms with van der Waals surface area (Å²) in [5.74, 6) is -1.39. The number of nitrogens with one attached hydrogen (secondary N) is 1. The minimum atomic E-state index is -1.00. The van der Waals surface area contributed by atoms with E-state index in [9.17, 15) is 14.3 Å². The number of carboxylic acid groups (broad SMARTS) is 1. The maximum absolute atomic E-state index is 12.9. The molecule has 1 unspecified atom stereocenters. The van der Waals surface area contributed by atoms with Crippen molar-refractivity contribution >= 4 is 11.7 Å². The highest BCUT2D eigenvalue weighted by atomic mass is 19.1. The number of carboxylic acids is 1. The van der Waals surface area contributed by atoms with Crippen molar-refractivity contribution in [3.05, 3.63) is 65.5 Å². The summed E-state index contributed by atoms with van der Waals surface area (Å²) < 4.78 is 12.9. The lowest BCUT2D eigenvalue weighted by Crippen LogP contribution is -2.20. The van der Waals surface area contributed by atoms with Gasteiger partial charge in [0.05, 0.1) is 0 Å². The first kappa shape index (κ1) is 13.1. The Morgan fingerprint density at radius 1 is 1.16 bits per heavy atom. The first-order chi connectivity index (χ1) is 9.08. The van der Waals surface area contributed by atoms with E-state index in [0.717, 1.165) is 11.3 Å². The molecule has 0 radical (unpaired) electrons. The maximum Gasteiger partial charge on any atom is 0.330 e. The first-order valence-electron chi connectivity index (χ1n) is 5.88. The molecule has 19 heavy (non-hydrogen) atoms. The van der Waals surface area contributed by atoms with Crippen molar-refractivity contribution in [3.63, 3.8) is 0 Å². The van der Waals surface area contributed by atoms with E-state index in [1.807, 2.05) is 31.2 Å². The van der Waals surface area contributed by atoms with E-state index < -0.39 is 12.0 Å². The minimum Gasteiger partial charge on any atom is -0.479 e. The van der Waals surface area contributed by atoms with Gasteiger partial charge in [0, 0.05) is 5.69 Å². The van der Waals surface area contributed by atoms with Crippen LogP contribution in [0, 0.1) is 12.7 Å². The fraction of sp³-hybridized carbons (Fsp3) is 0.133. The molecule has 0 saturated heterocycles. The van der Waals surface area contributed by atoms with E-state index in [4.69, 9.17) is 0 Å². The van der Waals surface area contributed by atoms with Crippen molar-refractivity contribution < 1.29 is 14.3 Å². The van der Waals surface area contributed by atoms with E-state index in [2.05, 4.69) is 5.32 Å². The second-order valence-electron chi connectivity index (χ2n) is 4.28. The Hall–Kier alpha value is -2.36. The van der Waals surface area contributed by atoms with Gasteiger partial charge in [-0.05, 0) is 36.2 Å². The van der Waals surface area contributed by atoms with Crippen LogP contribution in [-0.4, -0.2) is 11.1 Å².